The predicted octanol–water partition coefficient (Wildman–Crippen LogP) is 5.31. The van der Waals surface area contributed by atoms with Crippen LogP contribution in [0.1, 0.15) is 72.8 Å². The molecule has 0 radical (unpaired) electrons. The Morgan fingerprint density at radius 3 is 2.32 bits per heavy atom. The van der Waals surface area contributed by atoms with Gasteiger partial charge in [-0.25, -0.2) is 0 Å². The standard InChI is InChI=1S/C26H36N4O2.C4H10O2S.C2H6/c1-5-11-20-19(6-2)17-30(22-13-8-7-12-21(22)26(28)25(20)27)24(32)15-10-9-14-23(31)29-16-18(3)4;1-4(7,3-5)6-2;1-2/h5-8,11-13,18H,2,9-10,14-17,27-28H2,1,3-4H3,(H,29,31);5,7H,3H2,1-2H3;1-2H3/b11-5-,20-19-,26-25-;;. The summed E-state index contributed by atoms with van der Waals surface area (Å²) in [5, 5.41) is 11.3. The van der Waals surface area contributed by atoms with Gasteiger partial charge in [0, 0.05) is 37.6 Å². The zero-order valence-electron chi connectivity index (χ0n) is 26.0. The van der Waals surface area contributed by atoms with Crippen molar-refractivity contribution in [3.05, 3.63) is 71.5 Å². The van der Waals surface area contributed by atoms with Gasteiger partial charge in [-0.15, -0.1) is 12.6 Å². The van der Waals surface area contributed by atoms with Crippen molar-refractivity contribution in [1.29, 1.82) is 0 Å². The molecule has 1 unspecified atom stereocenters. The Bertz CT molecular complexity index is 1070. The van der Waals surface area contributed by atoms with Crippen molar-refractivity contribution in [2.75, 3.05) is 31.7 Å². The number of carbonyl (C=O) groups is 2. The summed E-state index contributed by atoms with van der Waals surface area (Å²) >= 11 is 3.91. The Balaban J connectivity index is 0.00000155. The van der Waals surface area contributed by atoms with Gasteiger partial charge in [0.1, 0.15) is 4.93 Å². The lowest BCUT2D eigenvalue weighted by Gasteiger charge is -2.29. The highest BCUT2D eigenvalue weighted by Gasteiger charge is 2.25. The summed E-state index contributed by atoms with van der Waals surface area (Å²) in [6.07, 6.45) is 7.57. The summed E-state index contributed by atoms with van der Waals surface area (Å²) in [5.74, 6) is 0.430. The molecule has 0 saturated carbocycles. The first-order valence-corrected chi connectivity index (χ1v) is 14.7. The minimum Gasteiger partial charge on any atom is -0.397 e. The Kier molecular flexibility index (Phi) is 18.5. The second-order valence-corrected chi connectivity index (χ2v) is 10.9. The van der Waals surface area contributed by atoms with E-state index < -0.39 is 4.93 Å². The molecule has 1 aliphatic heterocycles. The van der Waals surface area contributed by atoms with Gasteiger partial charge < -0.3 is 31.5 Å². The number of nitrogens with one attached hydrogen (secondary N) is 1. The fraction of sp³-hybridized carbons (Fsp3) is 0.500. The molecule has 0 aromatic heterocycles. The van der Waals surface area contributed by atoms with E-state index in [-0.39, 0.29) is 18.4 Å². The molecule has 0 fully saturated rings. The smallest absolute Gasteiger partial charge is 0.227 e. The fourth-order valence-corrected chi connectivity index (χ4v) is 3.67. The Morgan fingerprint density at radius 2 is 1.80 bits per heavy atom. The minimum absolute atomic E-state index is 0.0208. The van der Waals surface area contributed by atoms with Crippen LogP contribution in [-0.2, 0) is 14.3 Å². The third-order valence-electron chi connectivity index (χ3n) is 6.11. The number of amides is 2. The number of allylic oxidation sites excluding steroid dienone is 2. The molecule has 9 heteroatoms. The highest BCUT2D eigenvalue weighted by molar-refractivity contribution is 7.81. The highest BCUT2D eigenvalue weighted by atomic mass is 32.1. The number of carbonyl (C=O) groups excluding carboxylic acids is 2. The molecular formula is C32H52N4O4S. The molecule has 41 heavy (non-hydrogen) atoms. The molecule has 1 aromatic rings. The van der Waals surface area contributed by atoms with Crippen molar-refractivity contribution in [3.8, 4) is 0 Å². The van der Waals surface area contributed by atoms with Crippen LogP contribution in [0.25, 0.3) is 5.70 Å². The van der Waals surface area contributed by atoms with E-state index >= 15 is 0 Å². The van der Waals surface area contributed by atoms with Crippen LogP contribution in [0.2, 0.25) is 0 Å². The number of thiol groups is 1. The van der Waals surface area contributed by atoms with Gasteiger partial charge in [-0.05, 0) is 44.2 Å². The van der Waals surface area contributed by atoms with Gasteiger partial charge in [0.2, 0.25) is 11.8 Å². The maximum absolute atomic E-state index is 13.3. The fourth-order valence-electron chi connectivity index (χ4n) is 3.67. The van der Waals surface area contributed by atoms with Crippen molar-refractivity contribution in [1.82, 2.24) is 5.32 Å². The van der Waals surface area contributed by atoms with Gasteiger partial charge in [-0.3, -0.25) is 9.59 Å². The number of nitrogens with zero attached hydrogens (tertiary/aromatic N) is 1. The Labute approximate surface area is 253 Å². The number of hydrogen-bond acceptors (Lipinski definition) is 7. The highest BCUT2D eigenvalue weighted by Crippen LogP contribution is 2.32. The molecular weight excluding hydrogens is 536 g/mol. The first kappa shape index (κ1) is 38.0. The lowest BCUT2D eigenvalue weighted by atomic mass is 9.95. The normalized spacial score (nSPS) is 18.1. The number of benzene rings is 1. The minimum atomic E-state index is -0.667. The molecule has 0 spiro atoms. The number of hydrogen-bond donors (Lipinski definition) is 5. The average Bonchev–Trinajstić information content (AvgIpc) is 2.98. The van der Waals surface area contributed by atoms with Crippen LogP contribution >= 0.6 is 12.6 Å². The quantitative estimate of drug-likeness (QED) is 0.135. The molecule has 1 aliphatic rings. The zero-order chi connectivity index (χ0) is 31.6. The number of unbranched alkanes of at least 4 members (excludes halogenated alkanes) is 1. The summed E-state index contributed by atoms with van der Waals surface area (Å²) in [7, 11) is 1.50. The van der Waals surface area contributed by atoms with Crippen LogP contribution in [0.15, 0.2) is 65.9 Å². The van der Waals surface area contributed by atoms with E-state index in [1.165, 1.54) is 7.11 Å². The van der Waals surface area contributed by atoms with Crippen molar-refractivity contribution in [3.63, 3.8) is 0 Å². The van der Waals surface area contributed by atoms with Crippen molar-refractivity contribution >= 4 is 35.8 Å². The molecule has 8 nitrogen and oxygen atoms in total. The molecule has 1 heterocycles. The van der Waals surface area contributed by atoms with E-state index in [2.05, 4.69) is 38.4 Å². The van der Waals surface area contributed by atoms with Crippen LogP contribution in [0.5, 0.6) is 0 Å². The second-order valence-electron chi connectivity index (χ2n) is 9.91. The molecule has 1 aromatic carbocycles. The van der Waals surface area contributed by atoms with E-state index in [4.69, 9.17) is 21.3 Å². The monoisotopic (exact) mass is 588 g/mol. The molecule has 0 saturated heterocycles. The summed E-state index contributed by atoms with van der Waals surface area (Å²) in [6.45, 7) is 16.6. The third kappa shape index (κ3) is 13.0. The summed E-state index contributed by atoms with van der Waals surface area (Å²) in [4.78, 5) is 26.3. The predicted molar refractivity (Wildman–Crippen MR) is 175 cm³/mol. The lowest BCUT2D eigenvalue weighted by molar-refractivity contribution is -0.122. The molecule has 0 bridgehead atoms. The number of fused-ring (bicyclic) bond motifs is 1. The third-order valence-corrected chi connectivity index (χ3v) is 6.43. The van der Waals surface area contributed by atoms with E-state index in [0.717, 1.165) is 22.4 Å². The SMILES string of the molecule is C=C/C1=C(\C=C/C)C(/N)=C(/N)c2ccccc2N(C(=O)CCCCC(=O)NCC(C)C)C1.CC.COC(C)(S)CO. The number of anilines is 1. The number of ether oxygens (including phenoxy) is 1. The number of methoxy groups -OCH3 is 1. The van der Waals surface area contributed by atoms with Gasteiger partial charge in [-0.2, -0.15) is 0 Å². The molecule has 6 N–H and O–H groups in total. The molecule has 1 atom stereocenters. The number of rotatable bonds is 11. The van der Waals surface area contributed by atoms with Gasteiger partial charge in [0.15, 0.2) is 0 Å². The van der Waals surface area contributed by atoms with Crippen LogP contribution in [-0.4, -0.2) is 48.7 Å². The van der Waals surface area contributed by atoms with Crippen molar-refractivity contribution < 1.29 is 19.4 Å². The first-order valence-electron chi connectivity index (χ1n) is 14.2. The van der Waals surface area contributed by atoms with E-state index in [0.29, 0.717) is 56.1 Å². The van der Waals surface area contributed by atoms with Gasteiger partial charge in [0.25, 0.3) is 0 Å². The topological polar surface area (TPSA) is 131 Å². The molecule has 2 amide bonds. The first-order chi connectivity index (χ1) is 19.4. The number of aliphatic hydroxyl groups is 1. The van der Waals surface area contributed by atoms with Crippen molar-refractivity contribution in [2.45, 2.75) is 72.2 Å². The number of aliphatic hydroxyl groups excluding tert-OH is 1. The maximum atomic E-state index is 13.3. The molecule has 2 rings (SSSR count). The lowest BCUT2D eigenvalue weighted by Crippen LogP contribution is -2.35. The molecule has 230 valence electrons. The van der Waals surface area contributed by atoms with Gasteiger partial charge in [0.05, 0.1) is 30.2 Å². The van der Waals surface area contributed by atoms with Crippen LogP contribution < -0.4 is 21.7 Å². The van der Waals surface area contributed by atoms with Gasteiger partial charge >= 0.3 is 0 Å². The van der Waals surface area contributed by atoms with E-state index in [1.54, 1.807) is 17.9 Å². The summed E-state index contributed by atoms with van der Waals surface area (Å²) in [6, 6.07) is 7.52. The zero-order valence-corrected chi connectivity index (χ0v) is 26.9. The molecule has 0 aliphatic carbocycles. The largest absolute Gasteiger partial charge is 0.397 e. The van der Waals surface area contributed by atoms with E-state index in [9.17, 15) is 9.59 Å². The van der Waals surface area contributed by atoms with Crippen molar-refractivity contribution in [2.24, 2.45) is 17.4 Å². The Hall–Kier alpha value is -3.01. The summed E-state index contributed by atoms with van der Waals surface area (Å²) in [5.41, 5.74) is 16.8. The van der Waals surface area contributed by atoms with Crippen LogP contribution in [0.3, 0.4) is 0 Å². The Morgan fingerprint density at radius 1 is 1.20 bits per heavy atom. The van der Waals surface area contributed by atoms with E-state index in [1.807, 2.05) is 57.2 Å². The van der Waals surface area contributed by atoms with Crippen LogP contribution in [0, 0.1) is 5.92 Å². The maximum Gasteiger partial charge on any atom is 0.227 e. The van der Waals surface area contributed by atoms with Gasteiger partial charge in [-0.1, -0.05) is 70.7 Å². The summed E-state index contributed by atoms with van der Waals surface area (Å²) < 4.78 is 4.70. The average molecular weight is 589 g/mol. The number of para-hydroxylation sites is 1. The van der Waals surface area contributed by atoms with Crippen LogP contribution in [0.4, 0.5) is 5.69 Å². The number of nitrogens with two attached hydrogens (primary N) is 2. The second kappa shape index (κ2) is 20.0.